The number of anilines is 2. The topological polar surface area (TPSA) is 38.0 Å². The Morgan fingerprint density at radius 3 is 2.50 bits per heavy atom. The molecule has 0 aliphatic heterocycles. The van der Waals surface area contributed by atoms with Crippen molar-refractivity contribution in [3.63, 3.8) is 0 Å². The van der Waals surface area contributed by atoms with E-state index in [0.29, 0.717) is 5.92 Å². The van der Waals surface area contributed by atoms with Crippen molar-refractivity contribution in [2.24, 2.45) is 11.3 Å². The van der Waals surface area contributed by atoms with Gasteiger partial charge in [0.1, 0.15) is 0 Å². The summed E-state index contributed by atoms with van der Waals surface area (Å²) in [5.74, 6) is 0.646. The van der Waals surface area contributed by atoms with E-state index >= 15 is 0 Å². The molecule has 90 valence electrons. The highest BCUT2D eigenvalue weighted by molar-refractivity contribution is 9.10. The van der Waals surface area contributed by atoms with Crippen molar-refractivity contribution in [1.29, 1.82) is 0 Å². The van der Waals surface area contributed by atoms with Gasteiger partial charge in [-0.1, -0.05) is 27.7 Å². The molecule has 0 radical (unpaired) electrons. The van der Waals surface area contributed by atoms with Gasteiger partial charge in [-0.05, 0) is 45.5 Å². The first-order valence-electron chi connectivity index (χ1n) is 5.62. The van der Waals surface area contributed by atoms with Gasteiger partial charge in [0.15, 0.2) is 0 Å². The number of nitrogens with two attached hydrogens (primary N) is 1. The molecule has 0 fully saturated rings. The maximum atomic E-state index is 5.70. The monoisotopic (exact) mass is 284 g/mol. The van der Waals surface area contributed by atoms with Gasteiger partial charge in [0.05, 0.1) is 0 Å². The molecule has 0 saturated heterocycles. The number of hydrogen-bond acceptors (Lipinski definition) is 2. The average Bonchev–Trinajstić information content (AvgIpc) is 2.16. The van der Waals surface area contributed by atoms with Crippen LogP contribution in [0.4, 0.5) is 11.4 Å². The van der Waals surface area contributed by atoms with Gasteiger partial charge in [0.2, 0.25) is 0 Å². The van der Waals surface area contributed by atoms with E-state index in [2.05, 4.69) is 48.9 Å². The van der Waals surface area contributed by atoms with E-state index in [1.165, 1.54) is 0 Å². The molecule has 0 atom stereocenters. The summed E-state index contributed by atoms with van der Waals surface area (Å²) in [4.78, 5) is 0. The second-order valence-corrected chi connectivity index (χ2v) is 6.09. The van der Waals surface area contributed by atoms with Crippen molar-refractivity contribution in [1.82, 2.24) is 0 Å². The van der Waals surface area contributed by atoms with Crippen LogP contribution >= 0.6 is 15.9 Å². The van der Waals surface area contributed by atoms with Crippen LogP contribution in [0.2, 0.25) is 0 Å². The largest absolute Gasteiger partial charge is 0.399 e. The summed E-state index contributed by atoms with van der Waals surface area (Å²) < 4.78 is 1.02. The van der Waals surface area contributed by atoms with Gasteiger partial charge in [-0.2, -0.15) is 0 Å². The van der Waals surface area contributed by atoms with Gasteiger partial charge in [-0.15, -0.1) is 0 Å². The molecule has 0 unspecified atom stereocenters. The standard InChI is InChI=1S/C13H21BrN2/c1-9(2)13(3,4)8-16-12-6-5-10(15)7-11(12)14/h5-7,9,16H,8,15H2,1-4H3. The fourth-order valence-corrected chi connectivity index (χ4v) is 1.74. The molecule has 1 rings (SSSR count). The van der Waals surface area contributed by atoms with Crippen molar-refractivity contribution >= 4 is 27.3 Å². The highest BCUT2D eigenvalue weighted by Crippen LogP contribution is 2.29. The normalized spacial score (nSPS) is 11.9. The first-order chi connectivity index (χ1) is 7.33. The van der Waals surface area contributed by atoms with E-state index in [0.717, 1.165) is 22.4 Å². The minimum atomic E-state index is 0.279. The molecular weight excluding hydrogens is 264 g/mol. The zero-order valence-electron chi connectivity index (χ0n) is 10.5. The van der Waals surface area contributed by atoms with Crippen LogP contribution in [-0.4, -0.2) is 6.54 Å². The predicted octanol–water partition coefficient (Wildman–Crippen LogP) is 4.13. The summed E-state index contributed by atoms with van der Waals surface area (Å²) in [6, 6.07) is 5.84. The minimum absolute atomic E-state index is 0.279. The summed E-state index contributed by atoms with van der Waals surface area (Å²) in [6.45, 7) is 10.00. The second-order valence-electron chi connectivity index (χ2n) is 5.24. The van der Waals surface area contributed by atoms with Crippen molar-refractivity contribution < 1.29 is 0 Å². The molecule has 1 aromatic rings. The van der Waals surface area contributed by atoms with E-state index in [1.54, 1.807) is 0 Å². The Morgan fingerprint density at radius 1 is 1.38 bits per heavy atom. The van der Waals surface area contributed by atoms with E-state index < -0.39 is 0 Å². The SMILES string of the molecule is CC(C)C(C)(C)CNc1ccc(N)cc1Br. The zero-order chi connectivity index (χ0) is 12.3. The lowest BCUT2D eigenvalue weighted by atomic mass is 9.81. The molecule has 2 nitrogen and oxygen atoms in total. The van der Waals surface area contributed by atoms with Crippen LogP contribution in [0.1, 0.15) is 27.7 Å². The lowest BCUT2D eigenvalue weighted by Crippen LogP contribution is -2.28. The fraction of sp³-hybridized carbons (Fsp3) is 0.538. The molecule has 3 N–H and O–H groups in total. The number of rotatable bonds is 4. The van der Waals surface area contributed by atoms with Crippen molar-refractivity contribution in [2.45, 2.75) is 27.7 Å². The fourth-order valence-electron chi connectivity index (χ4n) is 1.20. The maximum absolute atomic E-state index is 5.70. The molecule has 0 aromatic heterocycles. The van der Waals surface area contributed by atoms with Crippen LogP contribution in [0.25, 0.3) is 0 Å². The molecule has 0 aliphatic rings. The Bertz CT molecular complexity index is 359. The predicted molar refractivity (Wildman–Crippen MR) is 75.7 cm³/mol. The Labute approximate surface area is 107 Å². The maximum Gasteiger partial charge on any atom is 0.0486 e. The van der Waals surface area contributed by atoms with Gasteiger partial charge in [0, 0.05) is 22.4 Å². The van der Waals surface area contributed by atoms with Gasteiger partial charge < -0.3 is 11.1 Å². The third kappa shape index (κ3) is 3.41. The Morgan fingerprint density at radius 2 is 2.00 bits per heavy atom. The van der Waals surface area contributed by atoms with Crippen molar-refractivity contribution in [3.8, 4) is 0 Å². The molecule has 0 saturated carbocycles. The summed E-state index contributed by atoms with van der Waals surface area (Å²) in [5, 5.41) is 3.46. The van der Waals surface area contributed by atoms with Gasteiger partial charge in [-0.3, -0.25) is 0 Å². The van der Waals surface area contributed by atoms with Crippen molar-refractivity contribution in [2.75, 3.05) is 17.6 Å². The first-order valence-corrected chi connectivity index (χ1v) is 6.41. The molecule has 1 aromatic carbocycles. The summed E-state index contributed by atoms with van der Waals surface area (Å²) in [7, 11) is 0. The quantitative estimate of drug-likeness (QED) is 0.816. The van der Waals surface area contributed by atoms with Crippen molar-refractivity contribution in [3.05, 3.63) is 22.7 Å². The highest BCUT2D eigenvalue weighted by atomic mass is 79.9. The zero-order valence-corrected chi connectivity index (χ0v) is 12.1. The lowest BCUT2D eigenvalue weighted by Gasteiger charge is -2.30. The number of halogens is 1. The van der Waals surface area contributed by atoms with Gasteiger partial charge >= 0.3 is 0 Å². The number of benzene rings is 1. The molecule has 0 bridgehead atoms. The minimum Gasteiger partial charge on any atom is -0.399 e. The Hall–Kier alpha value is -0.700. The van der Waals surface area contributed by atoms with Crippen LogP contribution in [0.3, 0.4) is 0 Å². The number of nitrogens with one attached hydrogen (secondary N) is 1. The Balaban J connectivity index is 2.68. The van der Waals surface area contributed by atoms with Crippen LogP contribution in [0.5, 0.6) is 0 Å². The lowest BCUT2D eigenvalue weighted by molar-refractivity contribution is 0.269. The second kappa shape index (κ2) is 5.09. The number of hydrogen-bond donors (Lipinski definition) is 2. The molecule has 0 spiro atoms. The van der Waals surface area contributed by atoms with Crippen LogP contribution in [0, 0.1) is 11.3 Å². The van der Waals surface area contributed by atoms with E-state index in [1.807, 2.05) is 18.2 Å². The molecule has 16 heavy (non-hydrogen) atoms. The molecular formula is C13H21BrN2. The number of nitrogen functional groups attached to an aromatic ring is 1. The van der Waals surface area contributed by atoms with Crippen LogP contribution in [0.15, 0.2) is 22.7 Å². The molecule has 3 heteroatoms. The smallest absolute Gasteiger partial charge is 0.0486 e. The molecule has 0 heterocycles. The van der Waals surface area contributed by atoms with E-state index in [4.69, 9.17) is 5.73 Å². The average molecular weight is 285 g/mol. The summed E-state index contributed by atoms with van der Waals surface area (Å²) in [6.07, 6.45) is 0. The third-order valence-corrected chi connectivity index (χ3v) is 3.95. The molecule has 0 amide bonds. The molecule has 0 aliphatic carbocycles. The summed E-state index contributed by atoms with van der Waals surface area (Å²) >= 11 is 3.51. The summed E-state index contributed by atoms with van der Waals surface area (Å²) in [5.41, 5.74) is 7.86. The van der Waals surface area contributed by atoms with Crippen LogP contribution in [-0.2, 0) is 0 Å². The third-order valence-electron chi connectivity index (χ3n) is 3.29. The first kappa shape index (κ1) is 13.4. The highest BCUT2D eigenvalue weighted by Gasteiger charge is 2.22. The van der Waals surface area contributed by atoms with E-state index in [9.17, 15) is 0 Å². The van der Waals surface area contributed by atoms with Gasteiger partial charge in [0.25, 0.3) is 0 Å². The Kier molecular flexibility index (Phi) is 4.25. The van der Waals surface area contributed by atoms with E-state index in [-0.39, 0.29) is 5.41 Å². The van der Waals surface area contributed by atoms with Crippen LogP contribution < -0.4 is 11.1 Å². The van der Waals surface area contributed by atoms with Gasteiger partial charge in [-0.25, -0.2) is 0 Å².